The number of benzene rings is 3. The number of hydrogen-bond acceptors (Lipinski definition) is 2. The van der Waals surface area contributed by atoms with Crippen LogP contribution in [-0.2, 0) is 0 Å². The molecule has 176 valence electrons. The molecular formula is C33H31BN2. The minimum atomic E-state index is 0.112. The molecule has 0 saturated carbocycles. The fourth-order valence-electron chi connectivity index (χ4n) is 5.41. The first-order valence-corrected chi connectivity index (χ1v) is 12.6. The number of para-hydroxylation sites is 2. The Morgan fingerprint density at radius 3 is 2.33 bits per heavy atom. The molecule has 3 aromatic rings. The van der Waals surface area contributed by atoms with Crippen LogP contribution in [-0.4, -0.2) is 6.71 Å². The Morgan fingerprint density at radius 2 is 1.61 bits per heavy atom. The monoisotopic (exact) mass is 466 g/mol. The van der Waals surface area contributed by atoms with Crippen LogP contribution < -0.4 is 20.7 Å². The fourth-order valence-corrected chi connectivity index (χ4v) is 5.41. The van der Waals surface area contributed by atoms with E-state index in [0.717, 1.165) is 23.5 Å². The van der Waals surface area contributed by atoms with Crippen molar-refractivity contribution < 1.29 is 0 Å². The third-order valence-corrected chi connectivity index (χ3v) is 6.86. The van der Waals surface area contributed by atoms with E-state index in [1.807, 2.05) is 18.2 Å². The minimum Gasteiger partial charge on any atom is -0.312 e. The third-order valence-electron chi connectivity index (χ3n) is 6.86. The van der Waals surface area contributed by atoms with E-state index in [4.69, 9.17) is 0 Å². The minimum absolute atomic E-state index is 0.112. The molecule has 0 amide bonds. The number of anilines is 4. The number of allylic oxidation sites excluding steroid dienone is 8. The van der Waals surface area contributed by atoms with Crippen molar-refractivity contribution >= 4 is 40.4 Å². The molecule has 0 aromatic heterocycles. The molecule has 2 aliphatic rings. The highest BCUT2D eigenvalue weighted by Gasteiger charge is 2.42. The van der Waals surface area contributed by atoms with Crippen molar-refractivity contribution in [2.24, 2.45) is 0 Å². The van der Waals surface area contributed by atoms with E-state index in [2.05, 4.69) is 134 Å². The molecule has 0 atom stereocenters. The van der Waals surface area contributed by atoms with Crippen LogP contribution in [0, 0.1) is 0 Å². The molecule has 0 aliphatic carbocycles. The van der Waals surface area contributed by atoms with Gasteiger partial charge in [0.1, 0.15) is 0 Å². The van der Waals surface area contributed by atoms with Crippen molar-refractivity contribution in [3.8, 4) is 0 Å². The quantitative estimate of drug-likeness (QED) is 0.263. The second kappa shape index (κ2) is 10.2. The fraction of sp³-hybridized carbons (Fsp3) is 0.0909. The van der Waals surface area contributed by atoms with Crippen LogP contribution in [0.1, 0.15) is 20.3 Å². The second-order valence-electron chi connectivity index (χ2n) is 8.87. The van der Waals surface area contributed by atoms with E-state index in [-0.39, 0.29) is 6.71 Å². The van der Waals surface area contributed by atoms with Crippen molar-refractivity contribution in [2.45, 2.75) is 20.3 Å². The Balaban J connectivity index is 1.88. The van der Waals surface area contributed by atoms with Gasteiger partial charge in [0.05, 0.1) is 0 Å². The lowest BCUT2D eigenvalue weighted by atomic mass is 9.33. The Bertz CT molecular complexity index is 1430. The van der Waals surface area contributed by atoms with E-state index in [0.29, 0.717) is 0 Å². The number of fused-ring (bicyclic) bond motifs is 2. The van der Waals surface area contributed by atoms with Gasteiger partial charge in [0, 0.05) is 34.1 Å². The molecule has 0 saturated heterocycles. The maximum atomic E-state index is 4.28. The van der Waals surface area contributed by atoms with Crippen molar-refractivity contribution in [2.75, 3.05) is 9.80 Å². The summed E-state index contributed by atoms with van der Waals surface area (Å²) < 4.78 is 0. The van der Waals surface area contributed by atoms with Crippen molar-refractivity contribution in [1.82, 2.24) is 0 Å². The molecule has 5 rings (SSSR count). The van der Waals surface area contributed by atoms with Gasteiger partial charge in [-0.1, -0.05) is 92.9 Å². The first-order chi connectivity index (χ1) is 17.7. The van der Waals surface area contributed by atoms with Crippen molar-refractivity contribution in [3.05, 3.63) is 145 Å². The van der Waals surface area contributed by atoms with Gasteiger partial charge in [-0.15, -0.1) is 0 Å². The largest absolute Gasteiger partial charge is 0.312 e. The van der Waals surface area contributed by atoms with Gasteiger partial charge >= 0.3 is 0 Å². The van der Waals surface area contributed by atoms with Crippen LogP contribution >= 0.6 is 0 Å². The summed E-state index contributed by atoms with van der Waals surface area (Å²) in [5.41, 5.74) is 10.8. The third kappa shape index (κ3) is 3.78. The topological polar surface area (TPSA) is 6.48 Å². The summed E-state index contributed by atoms with van der Waals surface area (Å²) in [5.74, 6) is 0. The standard InChI is InChI=1S/C33H31BN2/c1-5-9-17-25(7-3)35-29(8-4)27(20-10-6-2)34-28-21-14-15-22-30(28)36(26-18-12-11-13-19-26)32-24-16-23-31(35)33(32)34/h5,7-24H,1,4,6H2,2-3H3/b17-9-,20-10-,25-7+. The van der Waals surface area contributed by atoms with Gasteiger partial charge < -0.3 is 9.80 Å². The zero-order valence-electron chi connectivity index (χ0n) is 21.1. The number of hydrogen-bond donors (Lipinski definition) is 0. The molecule has 3 heteroatoms. The van der Waals surface area contributed by atoms with E-state index in [1.54, 1.807) is 0 Å². The Hall–Kier alpha value is -4.24. The van der Waals surface area contributed by atoms with Gasteiger partial charge in [0.15, 0.2) is 0 Å². The zero-order chi connectivity index (χ0) is 25.1. The normalized spacial score (nSPS) is 14.9. The van der Waals surface area contributed by atoms with E-state index in [1.165, 1.54) is 33.5 Å². The van der Waals surface area contributed by atoms with Crippen LogP contribution in [0.25, 0.3) is 0 Å². The predicted octanol–water partition coefficient (Wildman–Crippen LogP) is 7.49. The van der Waals surface area contributed by atoms with Crippen LogP contribution in [0.2, 0.25) is 0 Å². The molecule has 3 aromatic carbocycles. The molecule has 0 unspecified atom stereocenters. The predicted molar refractivity (Wildman–Crippen MR) is 158 cm³/mol. The van der Waals surface area contributed by atoms with E-state index < -0.39 is 0 Å². The maximum absolute atomic E-state index is 4.28. The zero-order valence-corrected chi connectivity index (χ0v) is 21.1. The van der Waals surface area contributed by atoms with Gasteiger partial charge in [-0.25, -0.2) is 0 Å². The highest BCUT2D eigenvalue weighted by atomic mass is 15.2. The first kappa shape index (κ1) is 23.5. The SMILES string of the molecule is C=C/C=C\C(=C/C)N1C(C=C)=C(/C=C\CC)B2c3ccccc3N(c3ccccc3)c3cccc1c32. The number of rotatable bonds is 7. The maximum Gasteiger partial charge on any atom is 0.252 e. The molecule has 0 N–H and O–H groups in total. The summed E-state index contributed by atoms with van der Waals surface area (Å²) in [4.78, 5) is 4.74. The highest BCUT2D eigenvalue weighted by Crippen LogP contribution is 2.43. The van der Waals surface area contributed by atoms with Crippen LogP contribution in [0.3, 0.4) is 0 Å². The molecule has 2 nitrogen and oxygen atoms in total. The average molecular weight is 466 g/mol. The van der Waals surface area contributed by atoms with Gasteiger partial charge in [0.25, 0.3) is 6.71 Å². The highest BCUT2D eigenvalue weighted by molar-refractivity contribution is 6.95. The Kier molecular flexibility index (Phi) is 6.64. The van der Waals surface area contributed by atoms with Gasteiger partial charge in [-0.2, -0.15) is 0 Å². The summed E-state index contributed by atoms with van der Waals surface area (Å²) in [6.45, 7) is 12.5. The molecule has 0 spiro atoms. The van der Waals surface area contributed by atoms with Crippen LogP contribution in [0.5, 0.6) is 0 Å². The molecule has 0 bridgehead atoms. The van der Waals surface area contributed by atoms with Crippen molar-refractivity contribution in [3.63, 3.8) is 0 Å². The lowest BCUT2D eigenvalue weighted by molar-refractivity contribution is 1.12. The van der Waals surface area contributed by atoms with Crippen LogP contribution in [0.15, 0.2) is 145 Å². The molecular weight excluding hydrogens is 435 g/mol. The van der Waals surface area contributed by atoms with Crippen molar-refractivity contribution in [1.29, 1.82) is 0 Å². The lowest BCUT2D eigenvalue weighted by Gasteiger charge is -2.44. The summed E-state index contributed by atoms with van der Waals surface area (Å²) >= 11 is 0. The Morgan fingerprint density at radius 1 is 0.889 bits per heavy atom. The number of nitrogens with zero attached hydrogens (tertiary/aromatic N) is 2. The molecule has 0 fully saturated rings. The molecule has 0 radical (unpaired) electrons. The summed E-state index contributed by atoms with van der Waals surface area (Å²) in [6.07, 6.45) is 15.6. The van der Waals surface area contributed by atoms with Gasteiger partial charge in [-0.05, 0) is 72.2 Å². The molecule has 36 heavy (non-hydrogen) atoms. The average Bonchev–Trinajstić information content (AvgIpc) is 2.93. The second-order valence-corrected chi connectivity index (χ2v) is 8.87. The molecule has 2 heterocycles. The Labute approximate surface area is 215 Å². The molecule has 2 aliphatic heterocycles. The smallest absolute Gasteiger partial charge is 0.252 e. The lowest BCUT2D eigenvalue weighted by Crippen LogP contribution is -2.56. The van der Waals surface area contributed by atoms with E-state index in [9.17, 15) is 0 Å². The summed E-state index contributed by atoms with van der Waals surface area (Å²) in [6, 6.07) is 26.1. The summed E-state index contributed by atoms with van der Waals surface area (Å²) in [5, 5.41) is 0. The summed E-state index contributed by atoms with van der Waals surface area (Å²) in [7, 11) is 0. The van der Waals surface area contributed by atoms with E-state index >= 15 is 0 Å². The van der Waals surface area contributed by atoms with Crippen LogP contribution in [0.4, 0.5) is 22.7 Å². The first-order valence-electron chi connectivity index (χ1n) is 12.6. The van der Waals surface area contributed by atoms with Gasteiger partial charge in [0.2, 0.25) is 0 Å². The van der Waals surface area contributed by atoms with Gasteiger partial charge in [-0.3, -0.25) is 0 Å².